The molecule has 22 heavy (non-hydrogen) atoms. The fraction of sp³-hybridized carbons (Fsp3) is 0.375. The van der Waals surface area contributed by atoms with Gasteiger partial charge in [-0.15, -0.1) is 0 Å². The van der Waals surface area contributed by atoms with Crippen LogP contribution in [0.4, 0.5) is 0 Å². The van der Waals surface area contributed by atoms with Gasteiger partial charge in [-0.1, -0.05) is 41.9 Å². The van der Waals surface area contributed by atoms with Crippen LogP contribution in [-0.2, 0) is 9.63 Å². The van der Waals surface area contributed by atoms with Crippen LogP contribution in [-0.4, -0.2) is 50.3 Å². The van der Waals surface area contributed by atoms with Crippen LogP contribution in [0.15, 0.2) is 39.9 Å². The first-order chi connectivity index (χ1) is 10.4. The van der Waals surface area contributed by atoms with E-state index in [9.17, 15) is 4.79 Å². The van der Waals surface area contributed by atoms with E-state index < -0.39 is 0 Å². The van der Waals surface area contributed by atoms with Gasteiger partial charge in [0.05, 0.1) is 19.0 Å². The third kappa shape index (κ3) is 7.38. The van der Waals surface area contributed by atoms with Crippen molar-refractivity contribution in [2.45, 2.75) is 13.8 Å². The van der Waals surface area contributed by atoms with Crippen LogP contribution in [0.2, 0.25) is 0 Å². The molecule has 1 aromatic carbocycles. The van der Waals surface area contributed by atoms with Gasteiger partial charge in [0.2, 0.25) is 0 Å². The highest BCUT2D eigenvalue weighted by Crippen LogP contribution is 2.19. The minimum absolute atomic E-state index is 0.325. The Morgan fingerprint density at radius 2 is 1.73 bits per heavy atom. The van der Waals surface area contributed by atoms with Crippen molar-refractivity contribution in [3.8, 4) is 0 Å². The molecule has 0 saturated carbocycles. The normalized spacial score (nSPS) is 11.0. The fourth-order valence-corrected chi connectivity index (χ4v) is 1.61. The SMILES string of the molecule is CC.CON(C)C(=O)C=N/C(=C\N(C)C)c1ccc(Br)cc1. The van der Waals surface area contributed by atoms with E-state index in [2.05, 4.69) is 20.9 Å². The summed E-state index contributed by atoms with van der Waals surface area (Å²) in [6.07, 6.45) is 3.08. The summed E-state index contributed by atoms with van der Waals surface area (Å²) in [7, 11) is 6.76. The molecular formula is C16H24BrN3O2. The molecule has 6 heteroatoms. The smallest absolute Gasteiger partial charge is 0.288 e. The summed E-state index contributed by atoms with van der Waals surface area (Å²) in [6.45, 7) is 4.00. The van der Waals surface area contributed by atoms with Gasteiger partial charge in [-0.3, -0.25) is 9.63 Å². The molecule has 0 saturated heterocycles. The van der Waals surface area contributed by atoms with Crippen LogP contribution in [0, 0.1) is 0 Å². The second-order valence-electron chi connectivity index (χ2n) is 4.26. The highest BCUT2D eigenvalue weighted by atomic mass is 79.9. The number of rotatable bonds is 5. The van der Waals surface area contributed by atoms with Gasteiger partial charge in [0.15, 0.2) is 0 Å². The number of nitrogens with zero attached hydrogens (tertiary/aromatic N) is 3. The third-order valence-corrected chi connectivity index (χ3v) is 2.95. The van der Waals surface area contributed by atoms with Crippen molar-refractivity contribution in [1.82, 2.24) is 9.96 Å². The Morgan fingerprint density at radius 1 is 1.18 bits per heavy atom. The monoisotopic (exact) mass is 369 g/mol. The van der Waals surface area contributed by atoms with Gasteiger partial charge >= 0.3 is 0 Å². The predicted octanol–water partition coefficient (Wildman–Crippen LogP) is 3.43. The molecule has 0 bridgehead atoms. The van der Waals surface area contributed by atoms with E-state index in [-0.39, 0.29) is 5.91 Å². The van der Waals surface area contributed by atoms with Gasteiger partial charge in [0.25, 0.3) is 5.91 Å². The Balaban J connectivity index is 0.00000211. The molecule has 0 aliphatic carbocycles. The second-order valence-corrected chi connectivity index (χ2v) is 5.18. The van der Waals surface area contributed by atoms with Crippen LogP contribution in [0.25, 0.3) is 5.70 Å². The number of halogens is 1. The topological polar surface area (TPSA) is 45.1 Å². The van der Waals surface area contributed by atoms with E-state index in [1.165, 1.54) is 20.4 Å². The van der Waals surface area contributed by atoms with Crippen molar-refractivity contribution in [2.75, 3.05) is 28.3 Å². The summed E-state index contributed by atoms with van der Waals surface area (Å²) in [6, 6.07) is 7.72. The van der Waals surface area contributed by atoms with Crippen molar-refractivity contribution in [2.24, 2.45) is 4.99 Å². The number of carbonyl (C=O) groups is 1. The highest BCUT2D eigenvalue weighted by Gasteiger charge is 2.05. The zero-order valence-electron chi connectivity index (χ0n) is 14.0. The lowest BCUT2D eigenvalue weighted by Gasteiger charge is -2.11. The van der Waals surface area contributed by atoms with Gasteiger partial charge in [0.1, 0.15) is 0 Å². The summed E-state index contributed by atoms with van der Waals surface area (Å²) in [5.74, 6) is -0.325. The number of aliphatic imine (C=N–C) groups is 1. The highest BCUT2D eigenvalue weighted by molar-refractivity contribution is 9.10. The molecule has 0 unspecified atom stereocenters. The van der Waals surface area contributed by atoms with Gasteiger partial charge in [-0.05, 0) is 12.1 Å². The number of hydrogen-bond donors (Lipinski definition) is 0. The molecule has 0 fully saturated rings. The zero-order chi connectivity index (χ0) is 17.1. The quantitative estimate of drug-likeness (QED) is 0.589. The first-order valence-corrected chi connectivity index (χ1v) is 7.73. The first kappa shape index (κ1) is 20.3. The summed E-state index contributed by atoms with van der Waals surface area (Å²) in [5.41, 5.74) is 1.62. The Morgan fingerprint density at radius 3 is 2.18 bits per heavy atom. The molecule has 0 aromatic heterocycles. The standard InChI is InChI=1S/C14H18BrN3O2.C2H6/c1-17(2)10-13(11-5-7-12(15)8-6-11)16-9-14(19)18(3)20-4;1-2/h5-10H,1-4H3;1-2H3/b13-10-,16-9?;. The van der Waals surface area contributed by atoms with Crippen molar-refractivity contribution >= 4 is 33.7 Å². The van der Waals surface area contributed by atoms with Gasteiger partial charge in [0, 0.05) is 37.4 Å². The molecule has 0 atom stereocenters. The lowest BCUT2D eigenvalue weighted by molar-refractivity contribution is -0.159. The minimum Gasteiger partial charge on any atom is -0.382 e. The van der Waals surface area contributed by atoms with Crippen LogP contribution >= 0.6 is 15.9 Å². The Kier molecular flexibility index (Phi) is 10.2. The van der Waals surface area contributed by atoms with Crippen LogP contribution in [0.3, 0.4) is 0 Å². The van der Waals surface area contributed by atoms with Gasteiger partial charge < -0.3 is 4.90 Å². The number of hydroxylamine groups is 2. The van der Waals surface area contributed by atoms with Gasteiger partial charge in [-0.25, -0.2) is 10.1 Å². The molecule has 0 aliphatic rings. The van der Waals surface area contributed by atoms with Crippen molar-refractivity contribution < 1.29 is 9.63 Å². The zero-order valence-corrected chi connectivity index (χ0v) is 15.6. The van der Waals surface area contributed by atoms with E-state index >= 15 is 0 Å². The lowest BCUT2D eigenvalue weighted by atomic mass is 10.2. The maximum atomic E-state index is 11.7. The minimum atomic E-state index is -0.325. The molecule has 0 spiro atoms. The van der Waals surface area contributed by atoms with E-state index in [0.717, 1.165) is 15.1 Å². The largest absolute Gasteiger partial charge is 0.382 e. The van der Waals surface area contributed by atoms with Crippen molar-refractivity contribution in [3.05, 3.63) is 40.5 Å². The molecule has 0 heterocycles. The van der Waals surface area contributed by atoms with Crippen LogP contribution in [0.5, 0.6) is 0 Å². The number of carbonyl (C=O) groups excluding carboxylic acids is 1. The molecule has 1 amide bonds. The summed E-state index contributed by atoms with van der Waals surface area (Å²) >= 11 is 3.39. The first-order valence-electron chi connectivity index (χ1n) is 6.94. The summed E-state index contributed by atoms with van der Waals surface area (Å²) in [5, 5.41) is 1.11. The van der Waals surface area contributed by atoms with E-state index in [1.807, 2.05) is 63.3 Å². The molecule has 0 N–H and O–H groups in total. The maximum absolute atomic E-state index is 11.7. The van der Waals surface area contributed by atoms with Crippen LogP contribution < -0.4 is 0 Å². The number of hydrogen-bond acceptors (Lipinski definition) is 4. The average molecular weight is 370 g/mol. The fourth-order valence-electron chi connectivity index (χ4n) is 1.34. The summed E-state index contributed by atoms with van der Waals surface area (Å²) in [4.78, 5) is 22.6. The molecule has 122 valence electrons. The molecule has 0 radical (unpaired) electrons. The molecule has 1 rings (SSSR count). The maximum Gasteiger partial charge on any atom is 0.288 e. The van der Waals surface area contributed by atoms with Crippen LogP contribution in [0.1, 0.15) is 19.4 Å². The second kappa shape index (κ2) is 11.0. The van der Waals surface area contributed by atoms with E-state index in [0.29, 0.717) is 5.70 Å². The Labute approximate surface area is 141 Å². The van der Waals surface area contributed by atoms with Gasteiger partial charge in [-0.2, -0.15) is 0 Å². The van der Waals surface area contributed by atoms with Crippen molar-refractivity contribution in [3.63, 3.8) is 0 Å². The number of amides is 1. The molecular weight excluding hydrogens is 346 g/mol. The Bertz CT molecular complexity index is 511. The average Bonchev–Trinajstić information content (AvgIpc) is 2.52. The lowest BCUT2D eigenvalue weighted by Crippen LogP contribution is -2.26. The van der Waals surface area contributed by atoms with Crippen molar-refractivity contribution in [1.29, 1.82) is 0 Å². The summed E-state index contributed by atoms with van der Waals surface area (Å²) < 4.78 is 0.990. The predicted molar refractivity (Wildman–Crippen MR) is 95.4 cm³/mol. The molecule has 1 aromatic rings. The Hall–Kier alpha value is -1.66. The third-order valence-electron chi connectivity index (χ3n) is 2.42. The molecule has 5 nitrogen and oxygen atoms in total. The number of benzene rings is 1. The van der Waals surface area contributed by atoms with E-state index in [4.69, 9.17) is 4.84 Å². The molecule has 0 aliphatic heterocycles. The van der Waals surface area contributed by atoms with E-state index in [1.54, 1.807) is 0 Å².